The lowest BCUT2D eigenvalue weighted by molar-refractivity contribution is -0.286. The Hall–Kier alpha value is -3.80. The Labute approximate surface area is 164 Å². The number of alkyl halides is 2. The van der Waals surface area contributed by atoms with Crippen LogP contribution < -0.4 is 14.8 Å². The summed E-state index contributed by atoms with van der Waals surface area (Å²) in [6.07, 6.45) is -4.17. The van der Waals surface area contributed by atoms with Gasteiger partial charge in [0.2, 0.25) is 0 Å². The molecular formula is C18H11F4N5O3. The number of halogens is 4. The molecule has 8 nitrogen and oxygen atoms in total. The fourth-order valence-corrected chi connectivity index (χ4v) is 3.14. The van der Waals surface area contributed by atoms with E-state index in [0.29, 0.717) is 11.0 Å². The van der Waals surface area contributed by atoms with Gasteiger partial charge in [-0.25, -0.2) is 13.8 Å². The van der Waals surface area contributed by atoms with Gasteiger partial charge in [-0.2, -0.15) is 5.10 Å². The number of nitrogens with zero attached hydrogens (tertiary/aromatic N) is 2. The number of aromatic amines is 2. The van der Waals surface area contributed by atoms with E-state index in [9.17, 15) is 22.7 Å². The van der Waals surface area contributed by atoms with Crippen molar-refractivity contribution in [2.75, 3.05) is 5.32 Å². The van der Waals surface area contributed by atoms with Crippen LogP contribution in [0.25, 0.3) is 22.6 Å². The molecule has 1 aliphatic rings. The summed E-state index contributed by atoms with van der Waals surface area (Å²) in [4.78, 5) is 7.18. The van der Waals surface area contributed by atoms with Crippen LogP contribution in [0.2, 0.25) is 0 Å². The van der Waals surface area contributed by atoms with Crippen LogP contribution in [-0.4, -0.2) is 31.6 Å². The Morgan fingerprint density at radius 3 is 2.53 bits per heavy atom. The van der Waals surface area contributed by atoms with E-state index < -0.39 is 29.7 Å². The van der Waals surface area contributed by atoms with E-state index in [-0.39, 0.29) is 28.7 Å². The maximum atomic E-state index is 13.9. The number of fused-ring (bicyclic) bond motifs is 2. The van der Waals surface area contributed by atoms with Crippen LogP contribution in [0.5, 0.6) is 11.5 Å². The molecule has 4 aromatic rings. The molecule has 0 radical (unpaired) electrons. The van der Waals surface area contributed by atoms with Crippen molar-refractivity contribution in [3.8, 4) is 23.0 Å². The zero-order valence-electron chi connectivity index (χ0n) is 14.7. The van der Waals surface area contributed by atoms with Gasteiger partial charge in [-0.05, 0) is 12.1 Å². The van der Waals surface area contributed by atoms with Crippen molar-refractivity contribution in [3.63, 3.8) is 0 Å². The molecule has 0 amide bonds. The predicted octanol–water partition coefficient (Wildman–Crippen LogP) is 3.66. The molecule has 2 aromatic carbocycles. The number of rotatable bonds is 4. The summed E-state index contributed by atoms with van der Waals surface area (Å²) in [6.45, 7) is 0. The van der Waals surface area contributed by atoms with Crippen LogP contribution in [0, 0.1) is 11.6 Å². The Balaban J connectivity index is 1.47. The molecule has 12 heteroatoms. The zero-order valence-corrected chi connectivity index (χ0v) is 14.7. The van der Waals surface area contributed by atoms with E-state index in [1.54, 1.807) is 0 Å². The van der Waals surface area contributed by atoms with Crippen LogP contribution in [-0.2, 0) is 0 Å². The van der Waals surface area contributed by atoms with Crippen molar-refractivity contribution in [1.29, 1.82) is 0 Å². The SMILES string of the molecule is OC(Nc1cn[nH]c1-c1nc2cc3c(cc2[nH]1)OC(F)(F)O3)c1c(F)cccc1F. The molecular weight excluding hydrogens is 410 g/mol. The summed E-state index contributed by atoms with van der Waals surface area (Å²) in [7, 11) is 0. The highest BCUT2D eigenvalue weighted by Gasteiger charge is 2.43. The minimum atomic E-state index is -3.75. The standard InChI is InChI=1S/C18H11F4N5O3/c19-7-2-1-3-8(20)14(7)17(28)26-11-6-23-27-15(11)16-24-9-4-12-13(5-10(9)25-16)30-18(21,22)29-12/h1-6,17,26,28H,(H,23,27)(H,24,25). The van der Waals surface area contributed by atoms with Crippen LogP contribution in [0.15, 0.2) is 36.5 Å². The second kappa shape index (κ2) is 6.35. The number of aliphatic hydroxyl groups excluding tert-OH is 1. The molecule has 2 aromatic heterocycles. The molecule has 5 rings (SSSR count). The number of H-pyrrole nitrogens is 2. The number of aliphatic hydroxyl groups is 1. The lowest BCUT2D eigenvalue weighted by Gasteiger charge is -2.15. The number of nitrogens with one attached hydrogen (secondary N) is 3. The summed E-state index contributed by atoms with van der Waals surface area (Å²) in [5.74, 6) is -1.94. The number of hydrogen-bond donors (Lipinski definition) is 4. The average molecular weight is 421 g/mol. The highest BCUT2D eigenvalue weighted by Crippen LogP contribution is 2.43. The summed E-state index contributed by atoms with van der Waals surface area (Å²) in [5.41, 5.74) is 0.559. The molecule has 0 fully saturated rings. The summed E-state index contributed by atoms with van der Waals surface area (Å²) in [6, 6.07) is 5.80. The van der Waals surface area contributed by atoms with Crippen molar-refractivity contribution in [1.82, 2.24) is 20.2 Å². The van der Waals surface area contributed by atoms with Crippen LogP contribution in [0.3, 0.4) is 0 Å². The molecule has 1 aliphatic heterocycles. The maximum Gasteiger partial charge on any atom is 0.586 e. The van der Waals surface area contributed by atoms with E-state index in [0.717, 1.165) is 12.1 Å². The zero-order chi connectivity index (χ0) is 21.0. The van der Waals surface area contributed by atoms with Crippen LogP contribution >= 0.6 is 0 Å². The van der Waals surface area contributed by atoms with Crippen LogP contribution in [0.1, 0.15) is 11.8 Å². The van der Waals surface area contributed by atoms with E-state index in [2.05, 4.69) is 35.0 Å². The third-order valence-electron chi connectivity index (χ3n) is 4.45. The third kappa shape index (κ3) is 2.97. The van der Waals surface area contributed by atoms with Gasteiger partial charge in [0.05, 0.1) is 28.5 Å². The van der Waals surface area contributed by atoms with Gasteiger partial charge in [0, 0.05) is 12.1 Å². The first kappa shape index (κ1) is 18.2. The first-order chi connectivity index (χ1) is 14.3. The quantitative estimate of drug-likeness (QED) is 0.296. The van der Waals surface area contributed by atoms with E-state index in [4.69, 9.17) is 0 Å². The number of benzene rings is 2. The maximum absolute atomic E-state index is 13.9. The molecule has 0 saturated heterocycles. The first-order valence-electron chi connectivity index (χ1n) is 8.52. The van der Waals surface area contributed by atoms with Gasteiger partial charge in [0.1, 0.15) is 17.3 Å². The van der Waals surface area contributed by atoms with Crippen molar-refractivity contribution < 1.29 is 32.1 Å². The minimum absolute atomic E-state index is 0.156. The summed E-state index contributed by atoms with van der Waals surface area (Å²) >= 11 is 0. The fourth-order valence-electron chi connectivity index (χ4n) is 3.14. The molecule has 0 aliphatic carbocycles. The molecule has 3 heterocycles. The highest BCUT2D eigenvalue weighted by atomic mass is 19.3. The van der Waals surface area contributed by atoms with Crippen LogP contribution in [0.4, 0.5) is 23.2 Å². The average Bonchev–Trinajstić information content (AvgIpc) is 3.34. The van der Waals surface area contributed by atoms with Crippen molar-refractivity contribution in [3.05, 3.63) is 53.7 Å². The number of hydrogen-bond acceptors (Lipinski definition) is 6. The Kier molecular flexibility index (Phi) is 3.86. The Morgan fingerprint density at radius 1 is 1.10 bits per heavy atom. The molecule has 1 unspecified atom stereocenters. The Morgan fingerprint density at radius 2 is 1.80 bits per heavy atom. The van der Waals surface area contributed by atoms with Crippen molar-refractivity contribution in [2.24, 2.45) is 0 Å². The lowest BCUT2D eigenvalue weighted by Crippen LogP contribution is -2.25. The van der Waals surface area contributed by atoms with Gasteiger partial charge in [0.25, 0.3) is 0 Å². The smallest absolute Gasteiger partial charge is 0.395 e. The van der Waals surface area contributed by atoms with Crippen molar-refractivity contribution in [2.45, 2.75) is 12.5 Å². The number of ether oxygens (including phenoxy) is 2. The summed E-state index contributed by atoms with van der Waals surface area (Å²) in [5, 5.41) is 19.3. The molecule has 0 saturated carbocycles. The number of aromatic nitrogens is 4. The minimum Gasteiger partial charge on any atom is -0.395 e. The second-order valence-corrected chi connectivity index (χ2v) is 6.41. The second-order valence-electron chi connectivity index (χ2n) is 6.41. The first-order valence-corrected chi connectivity index (χ1v) is 8.52. The molecule has 154 valence electrons. The molecule has 4 N–H and O–H groups in total. The number of imidazole rings is 1. The topological polar surface area (TPSA) is 108 Å². The van der Waals surface area contributed by atoms with Gasteiger partial charge >= 0.3 is 6.29 Å². The van der Waals surface area contributed by atoms with Crippen molar-refractivity contribution >= 4 is 16.7 Å². The molecule has 0 spiro atoms. The van der Waals surface area contributed by atoms with Gasteiger partial charge in [-0.15, -0.1) is 8.78 Å². The number of anilines is 1. The normalized spacial score (nSPS) is 15.5. The van der Waals surface area contributed by atoms with Gasteiger partial charge < -0.3 is 24.9 Å². The largest absolute Gasteiger partial charge is 0.586 e. The highest BCUT2D eigenvalue weighted by molar-refractivity contribution is 5.84. The Bertz CT molecular complexity index is 1210. The third-order valence-corrected chi connectivity index (χ3v) is 4.45. The van der Waals surface area contributed by atoms with Gasteiger partial charge in [-0.1, -0.05) is 6.07 Å². The van der Waals surface area contributed by atoms with E-state index in [1.165, 1.54) is 24.4 Å². The van der Waals surface area contributed by atoms with Gasteiger partial charge in [-0.3, -0.25) is 5.10 Å². The lowest BCUT2D eigenvalue weighted by atomic mass is 10.1. The monoisotopic (exact) mass is 421 g/mol. The summed E-state index contributed by atoms with van der Waals surface area (Å²) < 4.78 is 63.0. The van der Waals surface area contributed by atoms with Gasteiger partial charge in [0.15, 0.2) is 23.6 Å². The predicted molar refractivity (Wildman–Crippen MR) is 94.8 cm³/mol. The fraction of sp³-hybridized carbons (Fsp3) is 0.111. The molecule has 30 heavy (non-hydrogen) atoms. The van der Waals surface area contributed by atoms with E-state index in [1.807, 2.05) is 0 Å². The van der Waals surface area contributed by atoms with E-state index >= 15 is 0 Å². The molecule has 0 bridgehead atoms. The molecule has 1 atom stereocenters.